The summed E-state index contributed by atoms with van der Waals surface area (Å²) in [6.45, 7) is 2.02. The second-order valence-corrected chi connectivity index (χ2v) is 3.79. The zero-order valence-corrected chi connectivity index (χ0v) is 8.74. The van der Waals surface area contributed by atoms with E-state index in [1.807, 2.05) is 0 Å². The van der Waals surface area contributed by atoms with Crippen molar-refractivity contribution in [2.75, 3.05) is 20.1 Å². The molecule has 2 rings (SSSR count). The summed E-state index contributed by atoms with van der Waals surface area (Å²) >= 11 is 5.65. The Labute approximate surface area is 87.9 Å². The highest BCUT2D eigenvalue weighted by atomic mass is 35.5. The molecular formula is C9H12ClN3O. The van der Waals surface area contributed by atoms with Crippen LogP contribution in [-0.2, 0) is 0 Å². The number of aromatic nitrogens is 2. The molecule has 2 heterocycles. The van der Waals surface area contributed by atoms with Crippen LogP contribution < -0.4 is 4.74 Å². The number of hydrogen-bond donors (Lipinski definition) is 0. The van der Waals surface area contributed by atoms with E-state index in [-0.39, 0.29) is 11.4 Å². The Hall–Kier alpha value is -0.870. The van der Waals surface area contributed by atoms with Crippen molar-refractivity contribution in [1.29, 1.82) is 0 Å². The minimum atomic E-state index is 0.228. The number of hydrogen-bond acceptors (Lipinski definition) is 4. The van der Waals surface area contributed by atoms with Gasteiger partial charge in [0.25, 0.3) is 0 Å². The van der Waals surface area contributed by atoms with E-state index >= 15 is 0 Å². The molecule has 76 valence electrons. The smallest absolute Gasteiger partial charge is 0.225 e. The highest BCUT2D eigenvalue weighted by molar-refractivity contribution is 6.28. The Kier molecular flexibility index (Phi) is 2.84. The van der Waals surface area contributed by atoms with E-state index in [0.29, 0.717) is 5.88 Å². The van der Waals surface area contributed by atoms with Crippen LogP contribution in [-0.4, -0.2) is 41.1 Å². The van der Waals surface area contributed by atoms with Crippen molar-refractivity contribution < 1.29 is 4.74 Å². The lowest BCUT2D eigenvalue weighted by atomic mass is 10.3. The van der Waals surface area contributed by atoms with E-state index in [1.165, 1.54) is 0 Å². The highest BCUT2D eigenvalue weighted by Crippen LogP contribution is 2.15. The fourth-order valence-corrected chi connectivity index (χ4v) is 1.69. The molecule has 1 aromatic heterocycles. The minimum Gasteiger partial charge on any atom is -0.473 e. The average molecular weight is 214 g/mol. The van der Waals surface area contributed by atoms with Gasteiger partial charge in [0, 0.05) is 25.4 Å². The summed E-state index contributed by atoms with van der Waals surface area (Å²) in [6.07, 6.45) is 2.87. The van der Waals surface area contributed by atoms with Gasteiger partial charge in [-0.25, -0.2) is 4.98 Å². The molecule has 0 amide bonds. The number of rotatable bonds is 2. The van der Waals surface area contributed by atoms with Crippen LogP contribution in [0.2, 0.25) is 5.28 Å². The number of likely N-dealkylation sites (N-methyl/N-ethyl adjacent to an activating group) is 1. The second-order valence-electron chi connectivity index (χ2n) is 3.45. The highest BCUT2D eigenvalue weighted by Gasteiger charge is 2.21. The molecule has 1 aliphatic heterocycles. The molecule has 1 aliphatic rings. The predicted molar refractivity (Wildman–Crippen MR) is 53.6 cm³/mol. The quantitative estimate of drug-likeness (QED) is 0.693. The van der Waals surface area contributed by atoms with Gasteiger partial charge in [-0.05, 0) is 25.1 Å². The largest absolute Gasteiger partial charge is 0.473 e. The molecule has 0 aliphatic carbocycles. The SMILES string of the molecule is CN1CCC(Oc2ccnc(Cl)n2)C1. The fourth-order valence-electron chi connectivity index (χ4n) is 1.55. The molecular weight excluding hydrogens is 202 g/mol. The van der Waals surface area contributed by atoms with Gasteiger partial charge in [0.15, 0.2) is 0 Å². The summed E-state index contributed by atoms with van der Waals surface area (Å²) in [5.74, 6) is 0.560. The van der Waals surface area contributed by atoms with Gasteiger partial charge in [-0.3, -0.25) is 0 Å². The predicted octanol–water partition coefficient (Wildman–Crippen LogP) is 1.21. The van der Waals surface area contributed by atoms with Crippen LogP contribution in [0.3, 0.4) is 0 Å². The maximum Gasteiger partial charge on any atom is 0.225 e. The van der Waals surface area contributed by atoms with Crippen LogP contribution in [0.4, 0.5) is 0 Å². The van der Waals surface area contributed by atoms with Crippen molar-refractivity contribution >= 4 is 11.6 Å². The van der Waals surface area contributed by atoms with E-state index in [9.17, 15) is 0 Å². The molecule has 14 heavy (non-hydrogen) atoms. The van der Waals surface area contributed by atoms with Crippen LogP contribution in [0.15, 0.2) is 12.3 Å². The summed E-state index contributed by atoms with van der Waals surface area (Å²) in [5.41, 5.74) is 0. The zero-order chi connectivity index (χ0) is 9.97. The second kappa shape index (κ2) is 4.11. The molecule has 1 saturated heterocycles. The monoisotopic (exact) mass is 213 g/mol. The number of ether oxygens (including phenoxy) is 1. The van der Waals surface area contributed by atoms with Crippen LogP contribution in [0.25, 0.3) is 0 Å². The lowest BCUT2D eigenvalue weighted by molar-refractivity contribution is 0.200. The first-order valence-corrected chi connectivity index (χ1v) is 4.95. The topological polar surface area (TPSA) is 38.2 Å². The van der Waals surface area contributed by atoms with E-state index in [0.717, 1.165) is 19.5 Å². The molecule has 1 aromatic rings. The summed E-state index contributed by atoms with van der Waals surface area (Å²) in [7, 11) is 2.08. The summed E-state index contributed by atoms with van der Waals surface area (Å²) in [6, 6.07) is 1.73. The van der Waals surface area contributed by atoms with Crippen molar-refractivity contribution in [2.45, 2.75) is 12.5 Å². The molecule has 4 nitrogen and oxygen atoms in total. The van der Waals surface area contributed by atoms with Crippen LogP contribution in [0, 0.1) is 0 Å². The number of halogens is 1. The maximum atomic E-state index is 5.65. The first kappa shape index (κ1) is 9.68. The van der Waals surface area contributed by atoms with Crippen molar-refractivity contribution in [2.24, 2.45) is 0 Å². The Morgan fingerprint density at radius 3 is 3.14 bits per heavy atom. The fraction of sp³-hybridized carbons (Fsp3) is 0.556. The molecule has 0 N–H and O–H groups in total. The summed E-state index contributed by atoms with van der Waals surface area (Å²) in [5, 5.41) is 0.230. The first-order valence-electron chi connectivity index (χ1n) is 4.58. The number of nitrogens with zero attached hydrogens (tertiary/aromatic N) is 3. The van der Waals surface area contributed by atoms with Gasteiger partial charge in [0.1, 0.15) is 6.10 Å². The van der Waals surface area contributed by atoms with Crippen LogP contribution in [0.5, 0.6) is 5.88 Å². The lowest BCUT2D eigenvalue weighted by Crippen LogP contribution is -2.21. The van der Waals surface area contributed by atoms with Gasteiger partial charge in [-0.15, -0.1) is 0 Å². The van der Waals surface area contributed by atoms with Crippen LogP contribution >= 0.6 is 11.6 Å². The third-order valence-corrected chi connectivity index (χ3v) is 2.42. The first-order chi connectivity index (χ1) is 6.74. The minimum absolute atomic E-state index is 0.228. The number of likely N-dealkylation sites (tertiary alicyclic amines) is 1. The molecule has 0 aromatic carbocycles. The zero-order valence-electron chi connectivity index (χ0n) is 7.98. The molecule has 0 radical (unpaired) electrons. The average Bonchev–Trinajstić information content (AvgIpc) is 2.51. The molecule has 1 fully saturated rings. The van der Waals surface area contributed by atoms with Gasteiger partial charge in [-0.2, -0.15) is 4.98 Å². The Balaban J connectivity index is 1.97. The van der Waals surface area contributed by atoms with Crippen molar-refractivity contribution in [1.82, 2.24) is 14.9 Å². The van der Waals surface area contributed by atoms with Gasteiger partial charge in [0.2, 0.25) is 11.2 Å². The van der Waals surface area contributed by atoms with Gasteiger partial charge in [0.05, 0.1) is 0 Å². The summed E-state index contributed by atoms with van der Waals surface area (Å²) in [4.78, 5) is 10.00. The van der Waals surface area contributed by atoms with Crippen LogP contribution in [0.1, 0.15) is 6.42 Å². The maximum absolute atomic E-state index is 5.65. The third-order valence-electron chi connectivity index (χ3n) is 2.24. The lowest BCUT2D eigenvalue weighted by Gasteiger charge is -2.12. The Morgan fingerprint density at radius 1 is 1.64 bits per heavy atom. The normalized spacial score (nSPS) is 22.6. The van der Waals surface area contributed by atoms with Gasteiger partial charge in [-0.1, -0.05) is 0 Å². The molecule has 0 saturated carbocycles. The molecule has 1 atom stereocenters. The van der Waals surface area contributed by atoms with Crippen molar-refractivity contribution in [3.8, 4) is 5.88 Å². The Bertz CT molecular complexity index is 321. The Morgan fingerprint density at radius 2 is 2.50 bits per heavy atom. The van der Waals surface area contributed by atoms with Crippen molar-refractivity contribution in [3.05, 3.63) is 17.5 Å². The van der Waals surface area contributed by atoms with E-state index in [4.69, 9.17) is 16.3 Å². The van der Waals surface area contributed by atoms with E-state index in [1.54, 1.807) is 12.3 Å². The summed E-state index contributed by atoms with van der Waals surface area (Å²) < 4.78 is 5.65. The van der Waals surface area contributed by atoms with E-state index in [2.05, 4.69) is 21.9 Å². The standard InChI is InChI=1S/C9H12ClN3O/c1-13-5-3-7(6-13)14-8-2-4-11-9(10)12-8/h2,4,7H,3,5-6H2,1H3. The van der Waals surface area contributed by atoms with E-state index < -0.39 is 0 Å². The van der Waals surface area contributed by atoms with Gasteiger partial charge >= 0.3 is 0 Å². The molecule has 0 spiro atoms. The van der Waals surface area contributed by atoms with Gasteiger partial charge < -0.3 is 9.64 Å². The van der Waals surface area contributed by atoms with Crippen molar-refractivity contribution in [3.63, 3.8) is 0 Å². The molecule has 1 unspecified atom stereocenters. The third kappa shape index (κ3) is 2.33. The molecule has 5 heteroatoms. The molecule has 0 bridgehead atoms.